The molecule has 1 saturated carbocycles. The van der Waals surface area contributed by atoms with Crippen molar-refractivity contribution in [2.24, 2.45) is 7.05 Å². The van der Waals surface area contributed by atoms with Crippen LogP contribution in [0.2, 0.25) is 0 Å². The van der Waals surface area contributed by atoms with Gasteiger partial charge in [0.05, 0.1) is 5.69 Å². The van der Waals surface area contributed by atoms with Crippen molar-refractivity contribution in [3.8, 4) is 11.8 Å². The third kappa shape index (κ3) is 2.52. The van der Waals surface area contributed by atoms with E-state index in [0.717, 1.165) is 30.2 Å². The first-order chi connectivity index (χ1) is 9.15. The van der Waals surface area contributed by atoms with Crippen LogP contribution < -0.4 is 10.1 Å². The minimum absolute atomic E-state index is 0.490. The number of ether oxygens (including phenoxy) is 1. The van der Waals surface area contributed by atoms with E-state index in [1.807, 2.05) is 27.1 Å². The van der Waals surface area contributed by atoms with E-state index in [-0.39, 0.29) is 0 Å². The van der Waals surface area contributed by atoms with Gasteiger partial charge in [-0.1, -0.05) is 0 Å². The van der Waals surface area contributed by atoms with Crippen LogP contribution in [0.15, 0.2) is 12.1 Å². The van der Waals surface area contributed by atoms with Crippen LogP contribution in [-0.4, -0.2) is 26.8 Å². The second-order valence-corrected chi connectivity index (χ2v) is 4.82. The van der Waals surface area contributed by atoms with Crippen molar-refractivity contribution in [1.29, 1.82) is 0 Å². The van der Waals surface area contributed by atoms with E-state index >= 15 is 0 Å². The Kier molecular flexibility index (Phi) is 2.85. The first-order valence-electron chi connectivity index (χ1n) is 6.41. The van der Waals surface area contributed by atoms with Gasteiger partial charge in [0.15, 0.2) is 0 Å². The maximum Gasteiger partial charge on any atom is 0.226 e. The van der Waals surface area contributed by atoms with Gasteiger partial charge in [-0.3, -0.25) is 0 Å². The summed E-state index contributed by atoms with van der Waals surface area (Å²) in [4.78, 5) is 8.93. The molecule has 1 aliphatic carbocycles. The number of anilines is 1. The largest absolute Gasteiger partial charge is 0.421 e. The van der Waals surface area contributed by atoms with E-state index in [2.05, 4.69) is 20.4 Å². The second-order valence-electron chi connectivity index (χ2n) is 4.82. The minimum Gasteiger partial charge on any atom is -0.421 e. The Morgan fingerprint density at radius 2 is 2.11 bits per heavy atom. The monoisotopic (exact) mass is 259 g/mol. The zero-order valence-corrected chi connectivity index (χ0v) is 11.3. The van der Waals surface area contributed by atoms with Crippen molar-refractivity contribution in [2.45, 2.75) is 25.7 Å². The third-order valence-electron chi connectivity index (χ3n) is 3.09. The summed E-state index contributed by atoms with van der Waals surface area (Å²) in [5.41, 5.74) is 0.919. The summed E-state index contributed by atoms with van der Waals surface area (Å²) in [5.74, 6) is 3.37. The Morgan fingerprint density at radius 1 is 1.32 bits per heavy atom. The quantitative estimate of drug-likeness (QED) is 0.912. The fourth-order valence-electron chi connectivity index (χ4n) is 1.94. The Labute approximate surface area is 111 Å². The molecule has 0 saturated heterocycles. The molecule has 0 atom stereocenters. The van der Waals surface area contributed by atoms with Crippen LogP contribution in [0.3, 0.4) is 0 Å². The highest BCUT2D eigenvalue weighted by atomic mass is 16.5. The van der Waals surface area contributed by atoms with Gasteiger partial charge in [-0.05, 0) is 19.8 Å². The molecule has 2 aromatic rings. The summed E-state index contributed by atoms with van der Waals surface area (Å²) in [6, 6.07) is 3.69. The third-order valence-corrected chi connectivity index (χ3v) is 3.09. The fourth-order valence-corrected chi connectivity index (χ4v) is 1.94. The molecule has 0 bridgehead atoms. The molecular formula is C13H17N5O. The summed E-state index contributed by atoms with van der Waals surface area (Å²) in [6.45, 7) is 1.93. The van der Waals surface area contributed by atoms with Crippen LogP contribution in [0.1, 0.15) is 30.3 Å². The van der Waals surface area contributed by atoms with Crippen LogP contribution in [0.5, 0.6) is 11.8 Å². The molecule has 100 valence electrons. The highest BCUT2D eigenvalue weighted by Crippen LogP contribution is 2.39. The van der Waals surface area contributed by atoms with Gasteiger partial charge < -0.3 is 10.1 Å². The first-order valence-corrected chi connectivity index (χ1v) is 6.41. The molecule has 0 amide bonds. The average molecular weight is 259 g/mol. The maximum atomic E-state index is 5.80. The molecule has 6 heteroatoms. The lowest BCUT2D eigenvalue weighted by Gasteiger charge is -2.08. The Morgan fingerprint density at radius 3 is 2.68 bits per heavy atom. The normalized spacial score (nSPS) is 14.5. The van der Waals surface area contributed by atoms with Crippen LogP contribution >= 0.6 is 0 Å². The molecule has 0 aliphatic heterocycles. The number of hydrogen-bond donors (Lipinski definition) is 1. The van der Waals surface area contributed by atoms with Crippen LogP contribution in [0.25, 0.3) is 0 Å². The molecule has 0 spiro atoms. The molecule has 3 rings (SSSR count). The molecule has 1 aliphatic rings. The van der Waals surface area contributed by atoms with Crippen molar-refractivity contribution < 1.29 is 4.74 Å². The van der Waals surface area contributed by atoms with Gasteiger partial charge in [0.1, 0.15) is 11.6 Å². The predicted octanol–water partition coefficient (Wildman–Crippen LogP) is 2.23. The molecule has 0 radical (unpaired) electrons. The van der Waals surface area contributed by atoms with Crippen molar-refractivity contribution in [3.63, 3.8) is 0 Å². The van der Waals surface area contributed by atoms with Gasteiger partial charge in [-0.25, -0.2) is 9.67 Å². The number of aryl methyl sites for hydroxylation is 2. The average Bonchev–Trinajstić information content (AvgIpc) is 3.17. The number of rotatable bonds is 4. The number of nitrogens with one attached hydrogen (secondary N) is 1. The second kappa shape index (κ2) is 4.53. The molecular weight excluding hydrogens is 242 g/mol. The Bertz CT molecular complexity index is 603. The lowest BCUT2D eigenvalue weighted by Crippen LogP contribution is -2.02. The molecule has 1 fully saturated rings. The van der Waals surface area contributed by atoms with Crippen LogP contribution in [0.4, 0.5) is 5.82 Å². The van der Waals surface area contributed by atoms with Crippen molar-refractivity contribution in [2.75, 3.05) is 12.4 Å². The van der Waals surface area contributed by atoms with E-state index in [0.29, 0.717) is 17.7 Å². The van der Waals surface area contributed by atoms with Gasteiger partial charge in [-0.2, -0.15) is 10.1 Å². The maximum absolute atomic E-state index is 5.80. The Hall–Kier alpha value is -2.11. The zero-order chi connectivity index (χ0) is 13.4. The van der Waals surface area contributed by atoms with Gasteiger partial charge in [0.2, 0.25) is 11.8 Å². The minimum atomic E-state index is 0.490. The first kappa shape index (κ1) is 12.0. The summed E-state index contributed by atoms with van der Waals surface area (Å²) in [6.07, 6.45) is 2.33. The molecule has 2 aromatic heterocycles. The summed E-state index contributed by atoms with van der Waals surface area (Å²) in [7, 11) is 3.70. The zero-order valence-electron chi connectivity index (χ0n) is 11.3. The molecule has 19 heavy (non-hydrogen) atoms. The lowest BCUT2D eigenvalue weighted by atomic mass is 10.4. The highest BCUT2D eigenvalue weighted by Gasteiger charge is 2.27. The van der Waals surface area contributed by atoms with Gasteiger partial charge in [0.25, 0.3) is 0 Å². The predicted molar refractivity (Wildman–Crippen MR) is 71.6 cm³/mol. The van der Waals surface area contributed by atoms with Crippen LogP contribution in [-0.2, 0) is 7.05 Å². The Balaban J connectivity index is 1.91. The highest BCUT2D eigenvalue weighted by molar-refractivity contribution is 5.39. The number of hydrogen-bond acceptors (Lipinski definition) is 5. The molecule has 0 unspecified atom stereocenters. The SMILES string of the molecule is CNc1cc(Oc2cc(C)nn2C)nc(C2CC2)n1. The van der Waals surface area contributed by atoms with E-state index < -0.39 is 0 Å². The molecule has 6 nitrogen and oxygen atoms in total. The van der Waals surface area contributed by atoms with E-state index in [4.69, 9.17) is 4.74 Å². The van der Waals surface area contributed by atoms with Gasteiger partial charge in [-0.15, -0.1) is 0 Å². The smallest absolute Gasteiger partial charge is 0.226 e. The van der Waals surface area contributed by atoms with Crippen molar-refractivity contribution in [1.82, 2.24) is 19.7 Å². The number of aromatic nitrogens is 4. The molecule has 0 aromatic carbocycles. The fraction of sp³-hybridized carbons (Fsp3) is 0.462. The van der Waals surface area contributed by atoms with Crippen LogP contribution in [0, 0.1) is 6.92 Å². The van der Waals surface area contributed by atoms with E-state index in [9.17, 15) is 0 Å². The summed E-state index contributed by atoms with van der Waals surface area (Å²) in [5, 5.41) is 7.29. The number of nitrogens with zero attached hydrogens (tertiary/aromatic N) is 4. The van der Waals surface area contributed by atoms with Crippen molar-refractivity contribution >= 4 is 5.82 Å². The summed E-state index contributed by atoms with van der Waals surface area (Å²) < 4.78 is 7.50. The molecule has 1 N–H and O–H groups in total. The van der Waals surface area contributed by atoms with Gasteiger partial charge >= 0.3 is 0 Å². The standard InChI is InChI=1S/C13H17N5O/c1-8-6-12(18(3)17-8)19-11-7-10(14-2)15-13(16-11)9-4-5-9/h6-7,9H,4-5H2,1-3H3,(H,14,15,16). The topological polar surface area (TPSA) is 64.9 Å². The van der Waals surface area contributed by atoms with Crippen molar-refractivity contribution in [3.05, 3.63) is 23.7 Å². The van der Waals surface area contributed by atoms with E-state index in [1.54, 1.807) is 10.7 Å². The summed E-state index contributed by atoms with van der Waals surface area (Å²) >= 11 is 0. The van der Waals surface area contributed by atoms with E-state index in [1.165, 1.54) is 0 Å². The molecule has 2 heterocycles. The lowest BCUT2D eigenvalue weighted by molar-refractivity contribution is 0.413. The van der Waals surface area contributed by atoms with Gasteiger partial charge in [0, 0.05) is 32.1 Å².